The third-order valence-corrected chi connectivity index (χ3v) is 2.35. The number of hydrogen-bond donors (Lipinski definition) is 0. The van der Waals surface area contributed by atoms with E-state index in [4.69, 9.17) is 4.74 Å². The molecule has 0 N–H and O–H groups in total. The maximum Gasteiger partial charge on any atom is 0.309 e. The van der Waals surface area contributed by atoms with Crippen molar-refractivity contribution in [1.29, 1.82) is 0 Å². The third-order valence-electron chi connectivity index (χ3n) is 2.35. The van der Waals surface area contributed by atoms with Crippen LogP contribution in [-0.2, 0) is 9.53 Å². The summed E-state index contributed by atoms with van der Waals surface area (Å²) in [6.45, 7) is 4.25. The van der Waals surface area contributed by atoms with E-state index in [1.165, 1.54) is 0 Å². The number of benzene rings is 1. The van der Waals surface area contributed by atoms with E-state index in [1.807, 2.05) is 62.4 Å². The lowest BCUT2D eigenvalue weighted by molar-refractivity contribution is -0.141. The molecule has 1 rings (SSSR count). The lowest BCUT2D eigenvalue weighted by atomic mass is 10.2. The molecule has 1 aromatic rings. The highest BCUT2D eigenvalue weighted by Crippen LogP contribution is 2.02. The third kappa shape index (κ3) is 5.71. The number of esters is 1. The Morgan fingerprint density at radius 1 is 1.29 bits per heavy atom. The normalized spacial score (nSPS) is 11.8. The van der Waals surface area contributed by atoms with Gasteiger partial charge in [0.05, 0.1) is 6.42 Å². The summed E-state index contributed by atoms with van der Waals surface area (Å²) < 4.78 is 5.07. The van der Waals surface area contributed by atoms with Crippen molar-refractivity contribution in [3.05, 3.63) is 53.6 Å². The molecule has 0 saturated heterocycles. The van der Waals surface area contributed by atoms with Gasteiger partial charge in [-0.25, -0.2) is 0 Å². The minimum Gasteiger partial charge on any atom is -0.461 e. The number of allylic oxidation sites excluding steroid dienone is 1. The average Bonchev–Trinajstić information content (AvgIpc) is 2.37. The molecule has 0 aliphatic heterocycles. The van der Waals surface area contributed by atoms with Crippen molar-refractivity contribution in [2.75, 3.05) is 6.61 Å². The van der Waals surface area contributed by atoms with Crippen LogP contribution >= 0.6 is 0 Å². The Kier molecular flexibility index (Phi) is 5.80. The van der Waals surface area contributed by atoms with E-state index >= 15 is 0 Å². The van der Waals surface area contributed by atoms with Gasteiger partial charge in [0.25, 0.3) is 0 Å². The van der Waals surface area contributed by atoms with Crippen LogP contribution in [0.1, 0.15) is 25.8 Å². The van der Waals surface area contributed by atoms with E-state index in [0.717, 1.165) is 11.1 Å². The summed E-state index contributed by atoms with van der Waals surface area (Å²) >= 11 is 0. The van der Waals surface area contributed by atoms with Crippen molar-refractivity contribution in [2.45, 2.75) is 20.3 Å². The molecule has 90 valence electrons. The van der Waals surface area contributed by atoms with Crippen LogP contribution in [0.25, 0.3) is 6.08 Å². The van der Waals surface area contributed by atoms with Crippen LogP contribution < -0.4 is 0 Å². The molecular weight excluding hydrogens is 212 g/mol. The molecule has 0 heterocycles. The first kappa shape index (κ1) is 13.2. The van der Waals surface area contributed by atoms with Crippen molar-refractivity contribution in [3.8, 4) is 0 Å². The summed E-state index contributed by atoms with van der Waals surface area (Å²) in [5.74, 6) is -0.196. The first-order valence-electron chi connectivity index (χ1n) is 5.71. The fourth-order valence-corrected chi connectivity index (χ4v) is 1.19. The zero-order valence-electron chi connectivity index (χ0n) is 10.3. The summed E-state index contributed by atoms with van der Waals surface area (Å²) in [5.41, 5.74) is 2.15. The SMILES string of the molecule is C/C=C(\C)COC(=O)C/C=C/c1ccccc1. The minimum atomic E-state index is -0.196. The van der Waals surface area contributed by atoms with E-state index in [2.05, 4.69) is 0 Å². The predicted octanol–water partition coefficient (Wildman–Crippen LogP) is 3.60. The van der Waals surface area contributed by atoms with Crippen LogP contribution in [0.2, 0.25) is 0 Å². The second-order valence-electron chi connectivity index (χ2n) is 3.81. The Balaban J connectivity index is 2.31. The fourth-order valence-electron chi connectivity index (χ4n) is 1.19. The Morgan fingerprint density at radius 3 is 2.65 bits per heavy atom. The zero-order chi connectivity index (χ0) is 12.5. The first-order chi connectivity index (χ1) is 8.22. The van der Waals surface area contributed by atoms with Crippen molar-refractivity contribution in [1.82, 2.24) is 0 Å². The molecule has 0 radical (unpaired) electrons. The molecule has 0 aliphatic carbocycles. The van der Waals surface area contributed by atoms with Crippen LogP contribution in [0.15, 0.2) is 48.1 Å². The smallest absolute Gasteiger partial charge is 0.309 e. The summed E-state index contributed by atoms with van der Waals surface area (Å²) in [4.78, 5) is 11.4. The molecule has 0 spiro atoms. The molecule has 0 fully saturated rings. The maximum absolute atomic E-state index is 11.4. The Morgan fingerprint density at radius 2 is 2.00 bits per heavy atom. The summed E-state index contributed by atoms with van der Waals surface area (Å²) in [7, 11) is 0. The lowest BCUT2D eigenvalue weighted by Crippen LogP contribution is -2.04. The summed E-state index contributed by atoms with van der Waals surface area (Å²) in [5, 5.41) is 0. The van der Waals surface area contributed by atoms with Crippen molar-refractivity contribution >= 4 is 12.0 Å². The van der Waals surface area contributed by atoms with Gasteiger partial charge in [0.2, 0.25) is 0 Å². The second-order valence-corrected chi connectivity index (χ2v) is 3.81. The topological polar surface area (TPSA) is 26.3 Å². The van der Waals surface area contributed by atoms with Crippen molar-refractivity contribution < 1.29 is 9.53 Å². The van der Waals surface area contributed by atoms with Gasteiger partial charge in [-0.1, -0.05) is 48.6 Å². The van der Waals surface area contributed by atoms with E-state index in [-0.39, 0.29) is 5.97 Å². The number of carbonyl (C=O) groups is 1. The van der Waals surface area contributed by atoms with Gasteiger partial charge in [-0.15, -0.1) is 0 Å². The van der Waals surface area contributed by atoms with Crippen LogP contribution in [0.5, 0.6) is 0 Å². The number of ether oxygens (including phenoxy) is 1. The molecule has 17 heavy (non-hydrogen) atoms. The average molecular weight is 230 g/mol. The number of rotatable bonds is 5. The monoisotopic (exact) mass is 230 g/mol. The largest absolute Gasteiger partial charge is 0.461 e. The molecular formula is C15H18O2. The second kappa shape index (κ2) is 7.44. The standard InChI is InChI=1S/C15H18O2/c1-3-13(2)12-17-15(16)11-7-10-14-8-5-4-6-9-14/h3-10H,11-12H2,1-2H3/b10-7+,13-3+. The summed E-state index contributed by atoms with van der Waals surface area (Å²) in [6.07, 6.45) is 5.99. The molecule has 0 bridgehead atoms. The molecule has 0 aliphatic rings. The van der Waals surface area contributed by atoms with Gasteiger partial charge < -0.3 is 4.74 Å². The lowest BCUT2D eigenvalue weighted by Gasteiger charge is -2.02. The molecule has 2 nitrogen and oxygen atoms in total. The number of hydrogen-bond acceptors (Lipinski definition) is 2. The Hall–Kier alpha value is -1.83. The zero-order valence-corrected chi connectivity index (χ0v) is 10.3. The Labute approximate surface area is 103 Å². The van der Waals surface area contributed by atoms with Gasteiger partial charge in [0.15, 0.2) is 0 Å². The number of carbonyl (C=O) groups excluding carboxylic acids is 1. The highest BCUT2D eigenvalue weighted by molar-refractivity contribution is 5.72. The molecule has 0 atom stereocenters. The van der Waals surface area contributed by atoms with E-state index in [9.17, 15) is 4.79 Å². The molecule has 0 saturated carbocycles. The van der Waals surface area contributed by atoms with Crippen LogP contribution in [0.4, 0.5) is 0 Å². The van der Waals surface area contributed by atoms with Gasteiger partial charge >= 0.3 is 5.97 Å². The molecule has 2 heteroatoms. The van der Waals surface area contributed by atoms with E-state index in [0.29, 0.717) is 13.0 Å². The van der Waals surface area contributed by atoms with Gasteiger partial charge in [-0.2, -0.15) is 0 Å². The van der Waals surface area contributed by atoms with Gasteiger partial charge in [-0.05, 0) is 25.0 Å². The minimum absolute atomic E-state index is 0.196. The van der Waals surface area contributed by atoms with Gasteiger partial charge in [-0.3, -0.25) is 4.79 Å². The fraction of sp³-hybridized carbons (Fsp3) is 0.267. The molecule has 0 aromatic heterocycles. The predicted molar refractivity (Wildman–Crippen MR) is 70.5 cm³/mol. The van der Waals surface area contributed by atoms with Gasteiger partial charge in [0, 0.05) is 0 Å². The van der Waals surface area contributed by atoms with Crippen LogP contribution in [0, 0.1) is 0 Å². The first-order valence-corrected chi connectivity index (χ1v) is 5.71. The highest BCUT2D eigenvalue weighted by atomic mass is 16.5. The quantitative estimate of drug-likeness (QED) is 0.570. The van der Waals surface area contributed by atoms with Gasteiger partial charge in [0.1, 0.15) is 6.61 Å². The molecule has 0 unspecified atom stereocenters. The molecule has 0 amide bonds. The highest BCUT2D eigenvalue weighted by Gasteiger charge is 1.99. The molecule has 1 aromatic carbocycles. The maximum atomic E-state index is 11.4. The van der Waals surface area contributed by atoms with Crippen LogP contribution in [-0.4, -0.2) is 12.6 Å². The van der Waals surface area contributed by atoms with Crippen molar-refractivity contribution in [2.24, 2.45) is 0 Å². The van der Waals surface area contributed by atoms with E-state index in [1.54, 1.807) is 0 Å². The van der Waals surface area contributed by atoms with E-state index < -0.39 is 0 Å². The Bertz CT molecular complexity index is 402. The van der Waals surface area contributed by atoms with Crippen LogP contribution in [0.3, 0.4) is 0 Å². The summed E-state index contributed by atoms with van der Waals surface area (Å²) in [6, 6.07) is 9.88. The van der Waals surface area contributed by atoms with Crippen molar-refractivity contribution in [3.63, 3.8) is 0 Å².